The molecule has 35 heavy (non-hydrogen) atoms. The van der Waals surface area contributed by atoms with Gasteiger partial charge in [0.05, 0.1) is 10.5 Å². The van der Waals surface area contributed by atoms with Gasteiger partial charge in [-0.2, -0.15) is 0 Å². The van der Waals surface area contributed by atoms with Gasteiger partial charge in [0, 0.05) is 69.0 Å². The van der Waals surface area contributed by atoms with Crippen LogP contribution in [0.2, 0.25) is 5.02 Å². The number of hydrogen-bond donors (Lipinski definition) is 1. The Balaban J connectivity index is 1.18. The second-order valence-electron chi connectivity index (χ2n) is 8.94. The van der Waals surface area contributed by atoms with Crippen LogP contribution in [-0.2, 0) is 4.79 Å². The molecule has 10 heteroatoms. The molecule has 0 radical (unpaired) electrons. The molecule has 1 aromatic heterocycles. The molecular formula is C25H31ClN6O3. The quantitative estimate of drug-likeness (QED) is 0.435. The molecule has 0 saturated carbocycles. The first-order valence-electron chi connectivity index (χ1n) is 12.0. The number of nitro groups is 1. The van der Waals surface area contributed by atoms with Gasteiger partial charge < -0.3 is 15.1 Å². The molecule has 0 aliphatic carbocycles. The van der Waals surface area contributed by atoms with Gasteiger partial charge in [0.1, 0.15) is 12.0 Å². The first kappa shape index (κ1) is 24.9. The summed E-state index contributed by atoms with van der Waals surface area (Å²) < 4.78 is 0. The lowest BCUT2D eigenvalue weighted by Crippen LogP contribution is -2.48. The monoisotopic (exact) mass is 498 g/mol. The summed E-state index contributed by atoms with van der Waals surface area (Å²) in [4.78, 5) is 34.2. The Morgan fingerprint density at radius 2 is 1.86 bits per heavy atom. The fourth-order valence-corrected chi connectivity index (χ4v) is 4.76. The largest absolute Gasteiger partial charge is 0.369 e. The van der Waals surface area contributed by atoms with Crippen molar-refractivity contribution in [3.05, 3.63) is 63.8 Å². The standard InChI is InChI=1S/C25H31ClN6O3/c1-2-19-17-24(27-18-23(19)32(34)35)28-21-7-11-31(12-8-21)25(33)9-10-29-13-15-30(16-14-29)22-5-3-20(26)4-6-22/h2-6,17-18,21H,1,7-16H2,(H,27,28). The average molecular weight is 499 g/mol. The maximum absolute atomic E-state index is 12.8. The Bertz CT molecular complexity index is 1050. The number of likely N-dealkylation sites (tertiary alicyclic amines) is 1. The van der Waals surface area contributed by atoms with Crippen molar-refractivity contribution >= 4 is 40.8 Å². The van der Waals surface area contributed by atoms with Gasteiger partial charge in [0.15, 0.2) is 0 Å². The maximum atomic E-state index is 12.8. The van der Waals surface area contributed by atoms with Crippen LogP contribution >= 0.6 is 11.6 Å². The summed E-state index contributed by atoms with van der Waals surface area (Å²) in [5, 5.41) is 15.2. The number of nitrogens with one attached hydrogen (secondary N) is 1. The Morgan fingerprint density at radius 3 is 2.49 bits per heavy atom. The summed E-state index contributed by atoms with van der Waals surface area (Å²) in [5.74, 6) is 0.791. The Kier molecular flexibility index (Phi) is 8.20. The third kappa shape index (κ3) is 6.49. The summed E-state index contributed by atoms with van der Waals surface area (Å²) in [6, 6.07) is 9.76. The molecular weight excluding hydrogens is 468 g/mol. The summed E-state index contributed by atoms with van der Waals surface area (Å²) in [5.41, 5.74) is 1.57. The highest BCUT2D eigenvalue weighted by molar-refractivity contribution is 6.30. The van der Waals surface area contributed by atoms with E-state index in [9.17, 15) is 14.9 Å². The van der Waals surface area contributed by atoms with E-state index in [1.807, 2.05) is 17.0 Å². The predicted octanol–water partition coefficient (Wildman–Crippen LogP) is 3.90. The van der Waals surface area contributed by atoms with Gasteiger partial charge in [-0.1, -0.05) is 24.3 Å². The number of anilines is 2. The number of benzene rings is 1. The SMILES string of the molecule is C=Cc1cc(NC2CCN(C(=O)CCN3CCN(c4ccc(Cl)cc4)CC3)CC2)ncc1[N+](=O)[O-]. The number of carbonyl (C=O) groups is 1. The van der Waals surface area contributed by atoms with Gasteiger partial charge in [-0.15, -0.1) is 0 Å². The van der Waals surface area contributed by atoms with Gasteiger partial charge in [0.2, 0.25) is 5.91 Å². The van der Waals surface area contributed by atoms with Crippen LogP contribution in [-0.4, -0.2) is 77.5 Å². The molecule has 1 amide bonds. The lowest BCUT2D eigenvalue weighted by molar-refractivity contribution is -0.385. The van der Waals surface area contributed by atoms with Crippen molar-refractivity contribution in [3.63, 3.8) is 0 Å². The molecule has 2 aliphatic rings. The second-order valence-corrected chi connectivity index (χ2v) is 9.38. The third-order valence-corrected chi connectivity index (χ3v) is 6.99. The summed E-state index contributed by atoms with van der Waals surface area (Å²) in [7, 11) is 0. The minimum atomic E-state index is -0.461. The lowest BCUT2D eigenvalue weighted by Gasteiger charge is -2.37. The van der Waals surface area contributed by atoms with Crippen molar-refractivity contribution < 1.29 is 9.72 Å². The van der Waals surface area contributed by atoms with Crippen LogP contribution in [0.1, 0.15) is 24.8 Å². The Morgan fingerprint density at radius 1 is 1.17 bits per heavy atom. The molecule has 9 nitrogen and oxygen atoms in total. The fourth-order valence-electron chi connectivity index (χ4n) is 4.63. The first-order valence-corrected chi connectivity index (χ1v) is 12.3. The maximum Gasteiger partial charge on any atom is 0.294 e. The van der Waals surface area contributed by atoms with Crippen LogP contribution in [0.15, 0.2) is 43.1 Å². The molecule has 2 fully saturated rings. The molecule has 2 aliphatic heterocycles. The van der Waals surface area contributed by atoms with E-state index in [0.717, 1.165) is 50.6 Å². The molecule has 0 atom stereocenters. The van der Waals surface area contributed by atoms with Gasteiger partial charge in [-0.25, -0.2) is 4.98 Å². The minimum Gasteiger partial charge on any atom is -0.369 e. The highest BCUT2D eigenvalue weighted by atomic mass is 35.5. The van der Waals surface area contributed by atoms with E-state index < -0.39 is 4.92 Å². The van der Waals surface area contributed by atoms with Crippen LogP contribution < -0.4 is 10.2 Å². The van der Waals surface area contributed by atoms with E-state index in [0.29, 0.717) is 30.9 Å². The van der Waals surface area contributed by atoms with Crippen molar-refractivity contribution in [1.82, 2.24) is 14.8 Å². The molecule has 0 unspecified atom stereocenters. The van der Waals surface area contributed by atoms with Crippen LogP contribution in [0.4, 0.5) is 17.2 Å². The topological polar surface area (TPSA) is 94.9 Å². The number of pyridine rings is 1. The molecule has 1 aromatic carbocycles. The van der Waals surface area contributed by atoms with E-state index >= 15 is 0 Å². The van der Waals surface area contributed by atoms with Crippen molar-refractivity contribution in [3.8, 4) is 0 Å². The van der Waals surface area contributed by atoms with Gasteiger partial charge in [0.25, 0.3) is 5.69 Å². The zero-order chi connectivity index (χ0) is 24.8. The van der Waals surface area contributed by atoms with E-state index in [-0.39, 0.29) is 17.6 Å². The van der Waals surface area contributed by atoms with Gasteiger partial charge >= 0.3 is 0 Å². The van der Waals surface area contributed by atoms with Crippen molar-refractivity contribution in [2.75, 3.05) is 56.0 Å². The third-order valence-electron chi connectivity index (χ3n) is 6.74. The lowest BCUT2D eigenvalue weighted by atomic mass is 10.0. The summed E-state index contributed by atoms with van der Waals surface area (Å²) >= 11 is 5.99. The summed E-state index contributed by atoms with van der Waals surface area (Å²) in [6.45, 7) is 9.59. The van der Waals surface area contributed by atoms with E-state index in [1.165, 1.54) is 18.0 Å². The van der Waals surface area contributed by atoms with Gasteiger partial charge in [-0.05, 0) is 43.2 Å². The van der Waals surface area contributed by atoms with Gasteiger partial charge in [-0.3, -0.25) is 19.8 Å². The number of halogens is 1. The van der Waals surface area contributed by atoms with E-state index in [1.54, 1.807) is 6.07 Å². The molecule has 4 rings (SSSR count). The molecule has 186 valence electrons. The number of rotatable bonds is 8. The van der Waals surface area contributed by atoms with Crippen molar-refractivity contribution in [1.29, 1.82) is 0 Å². The molecule has 1 N–H and O–H groups in total. The zero-order valence-electron chi connectivity index (χ0n) is 19.7. The first-order chi connectivity index (χ1) is 16.9. The highest BCUT2D eigenvalue weighted by Gasteiger charge is 2.25. The normalized spacial score (nSPS) is 17.3. The Labute approximate surface area is 210 Å². The van der Waals surface area contributed by atoms with E-state index in [4.69, 9.17) is 11.6 Å². The number of nitrogens with zero attached hydrogens (tertiary/aromatic N) is 5. The fraction of sp³-hybridized carbons (Fsp3) is 0.440. The number of aromatic nitrogens is 1. The smallest absolute Gasteiger partial charge is 0.294 e. The van der Waals surface area contributed by atoms with Crippen LogP contribution in [0.5, 0.6) is 0 Å². The zero-order valence-corrected chi connectivity index (χ0v) is 20.5. The van der Waals surface area contributed by atoms with Crippen LogP contribution in [0, 0.1) is 10.1 Å². The minimum absolute atomic E-state index is 0.0580. The second kappa shape index (κ2) is 11.5. The van der Waals surface area contributed by atoms with Crippen molar-refractivity contribution in [2.24, 2.45) is 0 Å². The highest BCUT2D eigenvalue weighted by Crippen LogP contribution is 2.23. The molecule has 0 bridgehead atoms. The predicted molar refractivity (Wildman–Crippen MR) is 139 cm³/mol. The van der Waals surface area contributed by atoms with Crippen LogP contribution in [0.25, 0.3) is 6.08 Å². The number of amides is 1. The average Bonchev–Trinajstić information content (AvgIpc) is 2.88. The number of hydrogen-bond acceptors (Lipinski definition) is 7. The van der Waals surface area contributed by atoms with Crippen molar-refractivity contribution in [2.45, 2.75) is 25.3 Å². The number of carbonyl (C=O) groups excluding carboxylic acids is 1. The molecule has 2 saturated heterocycles. The number of piperidine rings is 1. The molecule has 0 spiro atoms. The molecule has 2 aromatic rings. The molecule has 3 heterocycles. The number of piperazine rings is 1. The van der Waals surface area contributed by atoms with E-state index in [2.05, 4.69) is 38.8 Å². The Hall–Kier alpha value is -3.17. The van der Waals surface area contributed by atoms with Crippen LogP contribution in [0.3, 0.4) is 0 Å². The summed E-state index contributed by atoms with van der Waals surface area (Å²) in [6.07, 6.45) is 4.88.